The van der Waals surface area contributed by atoms with Gasteiger partial charge in [0.15, 0.2) is 0 Å². The second-order valence-corrected chi connectivity index (χ2v) is 3.93. The molecule has 1 amide bonds. The summed E-state index contributed by atoms with van der Waals surface area (Å²) < 4.78 is 1.98. The fraction of sp³-hybridized carbons (Fsp3) is 0.231. The van der Waals surface area contributed by atoms with Crippen LogP contribution in [0.1, 0.15) is 12.6 Å². The Labute approximate surface area is 105 Å². The van der Waals surface area contributed by atoms with Gasteiger partial charge in [0.2, 0.25) is 0 Å². The molecule has 1 aromatic heterocycles. The zero-order chi connectivity index (χ0) is 13.1. The first-order valence-electron chi connectivity index (χ1n) is 5.72. The molecule has 0 unspecified atom stereocenters. The predicted molar refractivity (Wildman–Crippen MR) is 70.9 cm³/mol. The van der Waals surface area contributed by atoms with Crippen LogP contribution in [0, 0.1) is 0 Å². The molecule has 18 heavy (non-hydrogen) atoms. The third-order valence-electron chi connectivity index (χ3n) is 2.84. The highest BCUT2D eigenvalue weighted by atomic mass is 16.4. The molecule has 2 aromatic rings. The molecule has 1 N–H and O–H groups in total. The van der Waals surface area contributed by atoms with E-state index < -0.39 is 6.09 Å². The molecule has 2 rings (SSSR count). The number of carbonyl (C=O) groups is 1. The number of benzene rings is 1. The number of amides is 1. The molecule has 0 saturated heterocycles. The number of aromatic nitrogens is 1. The molecule has 94 valence electrons. The summed E-state index contributed by atoms with van der Waals surface area (Å²) in [5.41, 5.74) is 1.97. The van der Waals surface area contributed by atoms with Gasteiger partial charge in [0.1, 0.15) is 0 Å². The van der Waals surface area contributed by atoms with Crippen molar-refractivity contribution in [2.24, 2.45) is 12.1 Å². The largest absolute Gasteiger partial charge is 0.464 e. The molecule has 0 spiro atoms. The van der Waals surface area contributed by atoms with Crippen molar-refractivity contribution in [2.75, 3.05) is 6.54 Å². The summed E-state index contributed by atoms with van der Waals surface area (Å²) in [7, 11) is 1.93. The molecule has 1 heterocycles. The molecule has 0 fully saturated rings. The summed E-state index contributed by atoms with van der Waals surface area (Å²) in [6.07, 6.45) is 0.518. The molecule has 0 radical (unpaired) electrons. The summed E-state index contributed by atoms with van der Waals surface area (Å²) >= 11 is 0. The second kappa shape index (κ2) is 4.91. The minimum absolute atomic E-state index is 0.329. The van der Waals surface area contributed by atoms with Crippen LogP contribution in [-0.4, -0.2) is 33.5 Å². The number of fused-ring (bicyclic) bond motifs is 1. The van der Waals surface area contributed by atoms with Gasteiger partial charge in [-0.25, -0.2) is 4.79 Å². The van der Waals surface area contributed by atoms with E-state index in [-0.39, 0.29) is 0 Å². The topological polar surface area (TPSA) is 57.8 Å². The lowest BCUT2D eigenvalue weighted by Crippen LogP contribution is -2.23. The normalized spacial score (nSPS) is 11.2. The molecule has 0 aliphatic heterocycles. The molecular weight excluding hydrogens is 230 g/mol. The molecule has 5 heteroatoms. The minimum Gasteiger partial charge on any atom is -0.464 e. The van der Waals surface area contributed by atoms with Crippen molar-refractivity contribution in [3.63, 3.8) is 0 Å². The lowest BCUT2D eigenvalue weighted by molar-refractivity contribution is 0.150. The van der Waals surface area contributed by atoms with Gasteiger partial charge in [-0.05, 0) is 19.1 Å². The van der Waals surface area contributed by atoms with Crippen LogP contribution in [0.2, 0.25) is 0 Å². The van der Waals surface area contributed by atoms with Crippen molar-refractivity contribution in [1.82, 2.24) is 9.58 Å². The Morgan fingerprint density at radius 3 is 2.83 bits per heavy atom. The number of nitrogens with zero attached hydrogens (tertiary/aromatic N) is 3. The molecule has 0 saturated carbocycles. The van der Waals surface area contributed by atoms with Crippen molar-refractivity contribution in [1.29, 1.82) is 0 Å². The highest BCUT2D eigenvalue weighted by molar-refractivity contribution is 5.90. The summed E-state index contributed by atoms with van der Waals surface area (Å²) in [4.78, 5) is 10.8. The summed E-state index contributed by atoms with van der Waals surface area (Å²) in [5.74, 6) is 0. The van der Waals surface area contributed by atoms with Crippen molar-refractivity contribution in [3.05, 3.63) is 36.0 Å². The van der Waals surface area contributed by atoms with E-state index in [9.17, 15) is 4.79 Å². The first-order valence-corrected chi connectivity index (χ1v) is 5.72. The first kappa shape index (κ1) is 12.2. The van der Waals surface area contributed by atoms with Crippen LogP contribution < -0.4 is 0 Å². The SMILES string of the molecule is CCN(N=Cc1cc2ccccc2n1C)C(=O)O. The molecule has 1 aromatic carbocycles. The van der Waals surface area contributed by atoms with Crippen LogP contribution in [0.25, 0.3) is 10.9 Å². The van der Waals surface area contributed by atoms with Gasteiger partial charge in [0.25, 0.3) is 0 Å². The average Bonchev–Trinajstić information content (AvgIpc) is 2.67. The quantitative estimate of drug-likeness (QED) is 0.667. The van der Waals surface area contributed by atoms with Crippen molar-refractivity contribution in [3.8, 4) is 0 Å². The smallest absolute Gasteiger partial charge is 0.427 e. The second-order valence-electron chi connectivity index (χ2n) is 3.93. The van der Waals surface area contributed by atoms with Crippen LogP contribution in [0.3, 0.4) is 0 Å². The van der Waals surface area contributed by atoms with Crippen LogP contribution in [0.15, 0.2) is 35.4 Å². The van der Waals surface area contributed by atoms with E-state index in [1.165, 1.54) is 0 Å². The fourth-order valence-electron chi connectivity index (χ4n) is 1.83. The van der Waals surface area contributed by atoms with Crippen LogP contribution >= 0.6 is 0 Å². The average molecular weight is 245 g/mol. The highest BCUT2D eigenvalue weighted by Crippen LogP contribution is 2.16. The Morgan fingerprint density at radius 2 is 2.22 bits per heavy atom. The maximum atomic E-state index is 10.8. The van der Waals surface area contributed by atoms with E-state index in [1.807, 2.05) is 41.9 Å². The Bertz CT molecular complexity index is 601. The zero-order valence-electron chi connectivity index (χ0n) is 10.4. The Morgan fingerprint density at radius 1 is 1.50 bits per heavy atom. The molecule has 0 aliphatic carbocycles. The first-order chi connectivity index (χ1) is 8.63. The molecule has 0 atom stereocenters. The van der Waals surface area contributed by atoms with Crippen LogP contribution in [-0.2, 0) is 7.05 Å². The van der Waals surface area contributed by atoms with Gasteiger partial charge >= 0.3 is 6.09 Å². The van der Waals surface area contributed by atoms with E-state index >= 15 is 0 Å². The number of hydrogen-bond acceptors (Lipinski definition) is 2. The van der Waals surface area contributed by atoms with Gasteiger partial charge < -0.3 is 9.67 Å². The number of carboxylic acid groups (broad SMARTS) is 1. The lowest BCUT2D eigenvalue weighted by atomic mass is 10.2. The van der Waals surface area contributed by atoms with Gasteiger partial charge in [-0.1, -0.05) is 18.2 Å². The monoisotopic (exact) mass is 245 g/mol. The number of hydrazone groups is 1. The van der Waals surface area contributed by atoms with Crippen LogP contribution in [0.5, 0.6) is 0 Å². The van der Waals surface area contributed by atoms with E-state index in [0.717, 1.165) is 21.6 Å². The molecule has 0 bridgehead atoms. The third-order valence-corrected chi connectivity index (χ3v) is 2.84. The van der Waals surface area contributed by atoms with Gasteiger partial charge in [0, 0.05) is 24.5 Å². The van der Waals surface area contributed by atoms with E-state index in [0.29, 0.717) is 6.54 Å². The highest BCUT2D eigenvalue weighted by Gasteiger charge is 2.07. The third kappa shape index (κ3) is 2.20. The van der Waals surface area contributed by atoms with Gasteiger partial charge in [-0.15, -0.1) is 0 Å². The van der Waals surface area contributed by atoms with E-state index in [4.69, 9.17) is 5.11 Å². The van der Waals surface area contributed by atoms with Gasteiger partial charge in [-0.3, -0.25) is 0 Å². The number of hydrogen-bond donors (Lipinski definition) is 1. The van der Waals surface area contributed by atoms with Crippen LogP contribution in [0.4, 0.5) is 4.79 Å². The molecular formula is C13H15N3O2. The maximum absolute atomic E-state index is 10.8. The predicted octanol–water partition coefficient (Wildman–Crippen LogP) is 2.51. The van der Waals surface area contributed by atoms with Gasteiger partial charge in [0.05, 0.1) is 11.9 Å². The molecule has 0 aliphatic rings. The Balaban J connectivity index is 2.34. The van der Waals surface area contributed by atoms with Gasteiger partial charge in [-0.2, -0.15) is 10.1 Å². The summed E-state index contributed by atoms with van der Waals surface area (Å²) in [6.45, 7) is 2.07. The van der Waals surface area contributed by atoms with Crippen molar-refractivity contribution >= 4 is 23.2 Å². The number of rotatable bonds is 3. The molecule has 5 nitrogen and oxygen atoms in total. The number of aryl methyl sites for hydroxylation is 1. The number of para-hydroxylation sites is 1. The lowest BCUT2D eigenvalue weighted by Gasteiger charge is -2.09. The Hall–Kier alpha value is -2.30. The van der Waals surface area contributed by atoms with Crippen molar-refractivity contribution < 1.29 is 9.90 Å². The maximum Gasteiger partial charge on any atom is 0.427 e. The zero-order valence-corrected chi connectivity index (χ0v) is 10.4. The standard InChI is InChI=1S/C13H15N3O2/c1-3-16(13(17)18)14-9-11-8-10-6-4-5-7-12(10)15(11)2/h4-9H,3H2,1-2H3,(H,17,18). The fourth-order valence-corrected chi connectivity index (χ4v) is 1.83. The summed E-state index contributed by atoms with van der Waals surface area (Å²) in [6, 6.07) is 9.95. The minimum atomic E-state index is -1.05. The van der Waals surface area contributed by atoms with Crippen molar-refractivity contribution in [2.45, 2.75) is 6.92 Å². The van der Waals surface area contributed by atoms with E-state index in [1.54, 1.807) is 13.1 Å². The Kier molecular flexibility index (Phi) is 3.32. The summed E-state index contributed by atoms with van der Waals surface area (Å²) in [5, 5.41) is 14.9. The van der Waals surface area contributed by atoms with E-state index in [2.05, 4.69) is 5.10 Å².